The molecule has 2 amide bonds. The standard InChI is InChI=1S/C21H26N2O3/c1-15-9-10-19(26-15)18-8-5-12-23(18)21(24)22-17-11-13-25-20(14-17)16-6-3-2-4-7-16/h2-4,6-7,9-10,17-18,20H,5,8,11-14H2,1H3,(H,22,24). The van der Waals surface area contributed by atoms with Crippen molar-refractivity contribution in [1.82, 2.24) is 10.2 Å². The van der Waals surface area contributed by atoms with Crippen molar-refractivity contribution >= 4 is 6.03 Å². The Hall–Kier alpha value is -2.27. The second kappa shape index (κ2) is 7.54. The number of hydrogen-bond acceptors (Lipinski definition) is 3. The highest BCUT2D eigenvalue weighted by molar-refractivity contribution is 5.75. The number of carbonyl (C=O) groups is 1. The van der Waals surface area contributed by atoms with Gasteiger partial charge in [-0.3, -0.25) is 0 Å². The first-order chi connectivity index (χ1) is 12.7. The number of furan rings is 1. The predicted octanol–water partition coefficient (Wildman–Crippen LogP) is 4.35. The van der Waals surface area contributed by atoms with Crippen molar-refractivity contribution in [3.05, 3.63) is 59.5 Å². The molecular weight excluding hydrogens is 328 g/mol. The van der Waals surface area contributed by atoms with E-state index in [1.54, 1.807) is 0 Å². The number of hydrogen-bond donors (Lipinski definition) is 1. The second-order valence-electron chi connectivity index (χ2n) is 7.24. The van der Waals surface area contributed by atoms with E-state index in [1.807, 2.05) is 42.2 Å². The first-order valence-corrected chi connectivity index (χ1v) is 9.51. The first-order valence-electron chi connectivity index (χ1n) is 9.51. The fraction of sp³-hybridized carbons (Fsp3) is 0.476. The summed E-state index contributed by atoms with van der Waals surface area (Å²) < 4.78 is 11.7. The third kappa shape index (κ3) is 3.63. The highest BCUT2D eigenvalue weighted by atomic mass is 16.5. The summed E-state index contributed by atoms with van der Waals surface area (Å²) in [6, 6.07) is 14.4. The Morgan fingerprint density at radius 1 is 1.15 bits per heavy atom. The van der Waals surface area contributed by atoms with Crippen molar-refractivity contribution in [3.63, 3.8) is 0 Å². The lowest BCUT2D eigenvalue weighted by atomic mass is 9.97. The molecule has 3 unspecified atom stereocenters. The van der Waals surface area contributed by atoms with Crippen LogP contribution < -0.4 is 5.32 Å². The normalized spacial score (nSPS) is 26.0. The average molecular weight is 354 g/mol. The van der Waals surface area contributed by atoms with Crippen molar-refractivity contribution in [2.24, 2.45) is 0 Å². The quantitative estimate of drug-likeness (QED) is 0.891. The van der Waals surface area contributed by atoms with Crippen molar-refractivity contribution in [1.29, 1.82) is 0 Å². The van der Waals surface area contributed by atoms with E-state index < -0.39 is 0 Å². The second-order valence-corrected chi connectivity index (χ2v) is 7.24. The summed E-state index contributed by atoms with van der Waals surface area (Å²) in [7, 11) is 0. The lowest BCUT2D eigenvalue weighted by Crippen LogP contribution is -2.46. The smallest absolute Gasteiger partial charge is 0.318 e. The van der Waals surface area contributed by atoms with Gasteiger partial charge in [0.25, 0.3) is 0 Å². The van der Waals surface area contributed by atoms with Crippen LogP contribution in [0.2, 0.25) is 0 Å². The zero-order chi connectivity index (χ0) is 17.9. The van der Waals surface area contributed by atoms with Gasteiger partial charge in [-0.2, -0.15) is 0 Å². The molecule has 1 N–H and O–H groups in total. The van der Waals surface area contributed by atoms with E-state index in [-0.39, 0.29) is 24.2 Å². The maximum atomic E-state index is 12.9. The number of benzene rings is 1. The molecule has 2 aliphatic heterocycles. The summed E-state index contributed by atoms with van der Waals surface area (Å²) in [6.45, 7) is 3.39. The number of rotatable bonds is 3. The van der Waals surface area contributed by atoms with Crippen molar-refractivity contribution in [3.8, 4) is 0 Å². The van der Waals surface area contributed by atoms with Crippen LogP contribution in [-0.2, 0) is 4.74 Å². The number of aryl methyl sites for hydroxylation is 1. The van der Waals surface area contributed by atoms with Gasteiger partial charge >= 0.3 is 6.03 Å². The van der Waals surface area contributed by atoms with Gasteiger partial charge in [0.1, 0.15) is 11.5 Å². The van der Waals surface area contributed by atoms with Gasteiger partial charge in [-0.1, -0.05) is 30.3 Å². The van der Waals surface area contributed by atoms with Crippen molar-refractivity contribution < 1.29 is 13.9 Å². The zero-order valence-corrected chi connectivity index (χ0v) is 15.2. The molecule has 3 atom stereocenters. The molecule has 2 fully saturated rings. The number of carbonyl (C=O) groups excluding carboxylic acids is 1. The topological polar surface area (TPSA) is 54.7 Å². The summed E-state index contributed by atoms with van der Waals surface area (Å²) in [6.07, 6.45) is 3.69. The fourth-order valence-electron chi connectivity index (χ4n) is 4.02. The molecule has 0 radical (unpaired) electrons. The van der Waals surface area contributed by atoms with Gasteiger partial charge in [-0.05, 0) is 50.3 Å². The predicted molar refractivity (Wildman–Crippen MR) is 98.8 cm³/mol. The van der Waals surface area contributed by atoms with Crippen LogP contribution in [0.4, 0.5) is 4.79 Å². The minimum atomic E-state index is 0.0141. The SMILES string of the molecule is Cc1ccc(C2CCCN2C(=O)NC2CCOC(c3ccccc3)C2)o1. The minimum Gasteiger partial charge on any atom is -0.464 e. The summed E-state index contributed by atoms with van der Waals surface area (Å²) in [4.78, 5) is 14.8. The van der Waals surface area contributed by atoms with Crippen LogP contribution in [0.3, 0.4) is 0 Å². The number of amides is 2. The summed E-state index contributed by atoms with van der Waals surface area (Å²) >= 11 is 0. The molecule has 5 heteroatoms. The van der Waals surface area contributed by atoms with E-state index in [2.05, 4.69) is 17.4 Å². The molecule has 2 saturated heterocycles. The van der Waals surface area contributed by atoms with Gasteiger partial charge in [0.15, 0.2) is 0 Å². The Morgan fingerprint density at radius 2 is 2.00 bits per heavy atom. The van der Waals surface area contributed by atoms with Crippen LogP contribution in [0, 0.1) is 6.92 Å². The number of urea groups is 1. The fourth-order valence-corrected chi connectivity index (χ4v) is 4.02. The average Bonchev–Trinajstić information content (AvgIpc) is 3.31. The Balaban J connectivity index is 1.39. The van der Waals surface area contributed by atoms with E-state index >= 15 is 0 Å². The van der Waals surface area contributed by atoms with E-state index in [9.17, 15) is 4.79 Å². The van der Waals surface area contributed by atoms with Crippen LogP contribution in [0.15, 0.2) is 46.9 Å². The van der Waals surface area contributed by atoms with E-state index in [4.69, 9.17) is 9.15 Å². The molecule has 1 aromatic heterocycles. The molecular formula is C21H26N2O3. The van der Waals surface area contributed by atoms with Crippen LogP contribution in [0.5, 0.6) is 0 Å². The molecule has 4 rings (SSSR count). The molecule has 138 valence electrons. The van der Waals surface area contributed by atoms with Crippen LogP contribution >= 0.6 is 0 Å². The summed E-state index contributed by atoms with van der Waals surface area (Å²) in [5, 5.41) is 3.23. The molecule has 0 spiro atoms. The zero-order valence-electron chi connectivity index (χ0n) is 15.2. The Bertz CT molecular complexity index is 743. The minimum absolute atomic E-state index is 0.0141. The molecule has 1 aromatic carbocycles. The van der Waals surface area contributed by atoms with Crippen molar-refractivity contribution in [2.75, 3.05) is 13.2 Å². The summed E-state index contributed by atoms with van der Waals surface area (Å²) in [5.41, 5.74) is 1.18. The maximum absolute atomic E-state index is 12.9. The van der Waals surface area contributed by atoms with E-state index in [0.717, 1.165) is 43.7 Å². The van der Waals surface area contributed by atoms with E-state index in [1.165, 1.54) is 5.56 Å². The number of likely N-dealkylation sites (tertiary alicyclic amines) is 1. The lowest BCUT2D eigenvalue weighted by Gasteiger charge is -2.32. The Kier molecular flexibility index (Phi) is 4.98. The first kappa shape index (κ1) is 17.2. The van der Waals surface area contributed by atoms with Gasteiger partial charge in [0.2, 0.25) is 0 Å². The molecule has 0 aliphatic carbocycles. The van der Waals surface area contributed by atoms with Crippen LogP contribution in [0.25, 0.3) is 0 Å². The highest BCUT2D eigenvalue weighted by Gasteiger charge is 2.34. The molecule has 2 aromatic rings. The highest BCUT2D eigenvalue weighted by Crippen LogP contribution is 2.33. The van der Waals surface area contributed by atoms with Crippen molar-refractivity contribution in [2.45, 2.75) is 50.8 Å². The Labute approximate surface area is 154 Å². The van der Waals surface area contributed by atoms with Crippen LogP contribution in [0.1, 0.15) is 54.9 Å². The van der Waals surface area contributed by atoms with Gasteiger partial charge in [0.05, 0.1) is 12.1 Å². The van der Waals surface area contributed by atoms with Crippen LogP contribution in [-0.4, -0.2) is 30.1 Å². The molecule has 0 saturated carbocycles. The third-order valence-corrected chi connectivity index (χ3v) is 5.39. The number of nitrogens with zero attached hydrogens (tertiary/aromatic N) is 1. The third-order valence-electron chi connectivity index (χ3n) is 5.39. The molecule has 26 heavy (non-hydrogen) atoms. The lowest BCUT2D eigenvalue weighted by molar-refractivity contribution is 0.00134. The number of nitrogens with one attached hydrogen (secondary N) is 1. The molecule has 2 aliphatic rings. The molecule has 0 bridgehead atoms. The van der Waals surface area contributed by atoms with Gasteiger partial charge in [-0.25, -0.2) is 4.79 Å². The Morgan fingerprint density at radius 3 is 2.77 bits per heavy atom. The largest absolute Gasteiger partial charge is 0.464 e. The van der Waals surface area contributed by atoms with E-state index in [0.29, 0.717) is 6.61 Å². The maximum Gasteiger partial charge on any atom is 0.318 e. The molecule has 3 heterocycles. The van der Waals surface area contributed by atoms with Gasteiger partial charge < -0.3 is 19.4 Å². The van der Waals surface area contributed by atoms with Gasteiger partial charge in [0, 0.05) is 19.2 Å². The molecule has 5 nitrogen and oxygen atoms in total. The monoisotopic (exact) mass is 354 g/mol. The summed E-state index contributed by atoms with van der Waals surface area (Å²) in [5.74, 6) is 1.78. The van der Waals surface area contributed by atoms with Gasteiger partial charge in [-0.15, -0.1) is 0 Å². The number of ether oxygens (including phenoxy) is 1.